The standard InChI is InChI=1S/C8H14O2/c1-3-5-6-7-8(4-2)10-9/h4-6,8-9H,2-3,7H2,1H3. The van der Waals surface area contributed by atoms with Gasteiger partial charge >= 0.3 is 0 Å². The molecule has 0 fully saturated rings. The minimum atomic E-state index is -0.261. The summed E-state index contributed by atoms with van der Waals surface area (Å²) in [4.78, 5) is 4.08. The highest BCUT2D eigenvalue weighted by atomic mass is 17.1. The number of allylic oxidation sites excluding steroid dienone is 1. The van der Waals surface area contributed by atoms with E-state index in [4.69, 9.17) is 5.26 Å². The van der Waals surface area contributed by atoms with E-state index in [0.717, 1.165) is 6.42 Å². The van der Waals surface area contributed by atoms with Crippen LogP contribution in [0.1, 0.15) is 19.8 Å². The average molecular weight is 142 g/mol. The summed E-state index contributed by atoms with van der Waals surface area (Å²) in [5.74, 6) is 0. The molecule has 0 amide bonds. The molecule has 1 atom stereocenters. The van der Waals surface area contributed by atoms with Crippen LogP contribution in [0.2, 0.25) is 0 Å². The van der Waals surface area contributed by atoms with Crippen LogP contribution in [-0.2, 0) is 4.89 Å². The van der Waals surface area contributed by atoms with E-state index in [9.17, 15) is 0 Å². The van der Waals surface area contributed by atoms with Gasteiger partial charge in [0.05, 0.1) is 0 Å². The second kappa shape index (κ2) is 6.52. The van der Waals surface area contributed by atoms with Crippen molar-refractivity contribution in [3.8, 4) is 0 Å². The van der Waals surface area contributed by atoms with E-state index in [0.29, 0.717) is 6.42 Å². The van der Waals surface area contributed by atoms with Crippen LogP contribution in [0.5, 0.6) is 0 Å². The van der Waals surface area contributed by atoms with Gasteiger partial charge < -0.3 is 0 Å². The van der Waals surface area contributed by atoms with Crippen LogP contribution in [0.3, 0.4) is 0 Å². The van der Waals surface area contributed by atoms with Crippen molar-refractivity contribution in [3.05, 3.63) is 24.8 Å². The summed E-state index contributed by atoms with van der Waals surface area (Å²) in [6.45, 7) is 5.55. The Morgan fingerprint density at radius 3 is 2.70 bits per heavy atom. The molecular formula is C8H14O2. The van der Waals surface area contributed by atoms with Crippen molar-refractivity contribution >= 4 is 0 Å². The minimum absolute atomic E-state index is 0.261. The minimum Gasteiger partial charge on any atom is -0.251 e. The lowest BCUT2D eigenvalue weighted by Crippen LogP contribution is -2.04. The van der Waals surface area contributed by atoms with Gasteiger partial charge in [-0.3, -0.25) is 5.26 Å². The molecule has 58 valence electrons. The Balaban J connectivity index is 3.43. The van der Waals surface area contributed by atoms with E-state index < -0.39 is 0 Å². The number of hydrogen-bond donors (Lipinski definition) is 1. The van der Waals surface area contributed by atoms with E-state index in [-0.39, 0.29) is 6.10 Å². The van der Waals surface area contributed by atoms with Gasteiger partial charge in [0.15, 0.2) is 0 Å². The van der Waals surface area contributed by atoms with Gasteiger partial charge in [-0.05, 0) is 12.8 Å². The van der Waals surface area contributed by atoms with Crippen LogP contribution in [-0.4, -0.2) is 11.4 Å². The first-order chi connectivity index (χ1) is 4.85. The van der Waals surface area contributed by atoms with E-state index in [1.54, 1.807) is 6.08 Å². The molecule has 1 N–H and O–H groups in total. The van der Waals surface area contributed by atoms with Gasteiger partial charge in [0.2, 0.25) is 0 Å². The third kappa shape index (κ3) is 4.30. The van der Waals surface area contributed by atoms with Crippen LogP contribution < -0.4 is 0 Å². The fourth-order valence-corrected chi connectivity index (χ4v) is 0.579. The number of hydrogen-bond acceptors (Lipinski definition) is 2. The summed E-state index contributed by atoms with van der Waals surface area (Å²) >= 11 is 0. The first-order valence-corrected chi connectivity index (χ1v) is 3.43. The molecule has 0 heterocycles. The molecule has 2 nitrogen and oxygen atoms in total. The Kier molecular flexibility index (Phi) is 6.13. The van der Waals surface area contributed by atoms with Crippen LogP contribution in [0.25, 0.3) is 0 Å². The molecule has 0 saturated carbocycles. The average Bonchev–Trinajstić information content (AvgIpc) is 1.99. The molecule has 0 aromatic heterocycles. The predicted octanol–water partition coefficient (Wildman–Crippen LogP) is 2.39. The molecule has 0 aromatic carbocycles. The van der Waals surface area contributed by atoms with E-state index in [1.807, 2.05) is 12.2 Å². The zero-order valence-electron chi connectivity index (χ0n) is 6.29. The Morgan fingerprint density at radius 2 is 2.30 bits per heavy atom. The van der Waals surface area contributed by atoms with Crippen molar-refractivity contribution in [1.29, 1.82) is 0 Å². The lowest BCUT2D eigenvalue weighted by molar-refractivity contribution is -0.264. The van der Waals surface area contributed by atoms with Gasteiger partial charge in [0.25, 0.3) is 0 Å². The van der Waals surface area contributed by atoms with Crippen molar-refractivity contribution < 1.29 is 10.1 Å². The van der Waals surface area contributed by atoms with Crippen LogP contribution in [0.4, 0.5) is 0 Å². The molecule has 1 unspecified atom stereocenters. The molecule has 0 aliphatic carbocycles. The first-order valence-electron chi connectivity index (χ1n) is 3.43. The summed E-state index contributed by atoms with van der Waals surface area (Å²) < 4.78 is 0. The molecule has 0 saturated heterocycles. The van der Waals surface area contributed by atoms with Gasteiger partial charge in [-0.25, -0.2) is 4.89 Å². The molecule has 0 rings (SSSR count). The van der Waals surface area contributed by atoms with Crippen molar-refractivity contribution in [2.75, 3.05) is 0 Å². The molecular weight excluding hydrogens is 128 g/mol. The second-order valence-electron chi connectivity index (χ2n) is 1.99. The van der Waals surface area contributed by atoms with Gasteiger partial charge in [0.1, 0.15) is 6.10 Å². The third-order valence-corrected chi connectivity index (χ3v) is 1.17. The van der Waals surface area contributed by atoms with Crippen molar-refractivity contribution in [2.24, 2.45) is 0 Å². The summed E-state index contributed by atoms with van der Waals surface area (Å²) in [6, 6.07) is 0. The highest BCUT2D eigenvalue weighted by Gasteiger charge is 1.97. The van der Waals surface area contributed by atoms with Gasteiger partial charge in [-0.1, -0.05) is 25.2 Å². The van der Waals surface area contributed by atoms with Crippen molar-refractivity contribution in [1.82, 2.24) is 0 Å². The normalized spacial score (nSPS) is 13.8. The van der Waals surface area contributed by atoms with Crippen molar-refractivity contribution in [2.45, 2.75) is 25.9 Å². The molecule has 0 radical (unpaired) electrons. The SMILES string of the molecule is C=CC(CC=CCC)OO. The Morgan fingerprint density at radius 1 is 1.60 bits per heavy atom. The van der Waals surface area contributed by atoms with Gasteiger partial charge in [0, 0.05) is 0 Å². The highest BCUT2D eigenvalue weighted by molar-refractivity contribution is 4.89. The third-order valence-electron chi connectivity index (χ3n) is 1.17. The Labute approximate surface area is 61.8 Å². The topological polar surface area (TPSA) is 29.5 Å². The quantitative estimate of drug-likeness (QED) is 0.363. The van der Waals surface area contributed by atoms with Gasteiger partial charge in [-0.2, -0.15) is 0 Å². The van der Waals surface area contributed by atoms with Crippen LogP contribution in [0, 0.1) is 0 Å². The smallest absolute Gasteiger partial charge is 0.114 e. The molecule has 0 aliphatic rings. The lowest BCUT2D eigenvalue weighted by atomic mass is 10.2. The molecule has 0 aliphatic heterocycles. The molecule has 0 spiro atoms. The van der Waals surface area contributed by atoms with Crippen LogP contribution >= 0.6 is 0 Å². The summed E-state index contributed by atoms with van der Waals surface area (Å²) in [6.07, 6.45) is 6.99. The highest BCUT2D eigenvalue weighted by Crippen LogP contribution is 1.98. The predicted molar refractivity (Wildman–Crippen MR) is 41.7 cm³/mol. The van der Waals surface area contributed by atoms with Gasteiger partial charge in [-0.15, -0.1) is 6.58 Å². The zero-order chi connectivity index (χ0) is 7.82. The summed E-state index contributed by atoms with van der Waals surface area (Å²) in [5, 5.41) is 8.22. The Bertz CT molecular complexity index is 108. The zero-order valence-corrected chi connectivity index (χ0v) is 6.29. The maximum atomic E-state index is 8.22. The van der Waals surface area contributed by atoms with E-state index in [1.165, 1.54) is 0 Å². The largest absolute Gasteiger partial charge is 0.251 e. The molecule has 2 heteroatoms. The maximum absolute atomic E-state index is 8.22. The maximum Gasteiger partial charge on any atom is 0.114 e. The van der Waals surface area contributed by atoms with E-state index >= 15 is 0 Å². The van der Waals surface area contributed by atoms with Crippen LogP contribution in [0.15, 0.2) is 24.8 Å². The fourth-order valence-electron chi connectivity index (χ4n) is 0.579. The first kappa shape index (κ1) is 9.40. The summed E-state index contributed by atoms with van der Waals surface area (Å²) in [5.41, 5.74) is 0. The summed E-state index contributed by atoms with van der Waals surface area (Å²) in [7, 11) is 0. The molecule has 0 bridgehead atoms. The van der Waals surface area contributed by atoms with E-state index in [2.05, 4.69) is 18.4 Å². The molecule has 10 heavy (non-hydrogen) atoms. The lowest BCUT2D eigenvalue weighted by Gasteiger charge is -2.02. The van der Waals surface area contributed by atoms with Crippen molar-refractivity contribution in [3.63, 3.8) is 0 Å². The Hall–Kier alpha value is -0.600. The fraction of sp³-hybridized carbons (Fsp3) is 0.500. The monoisotopic (exact) mass is 142 g/mol. The molecule has 0 aromatic rings. The second-order valence-corrected chi connectivity index (χ2v) is 1.99. The number of rotatable bonds is 5.